The minimum atomic E-state index is -0.322. The summed E-state index contributed by atoms with van der Waals surface area (Å²) in [5.74, 6) is 0. The van der Waals surface area contributed by atoms with E-state index in [1.54, 1.807) is 0 Å². The van der Waals surface area contributed by atoms with E-state index in [2.05, 4.69) is 46.2 Å². The van der Waals surface area contributed by atoms with Crippen LogP contribution in [-0.2, 0) is 13.1 Å². The van der Waals surface area contributed by atoms with Crippen molar-refractivity contribution in [2.24, 2.45) is 0 Å². The fourth-order valence-electron chi connectivity index (χ4n) is 3.61. The number of likely N-dealkylation sites (tertiary alicyclic amines) is 1. The summed E-state index contributed by atoms with van der Waals surface area (Å²) in [6.07, 6.45) is 5.91. The first-order valence-corrected chi connectivity index (χ1v) is 8.83. The van der Waals surface area contributed by atoms with Crippen LogP contribution in [0.15, 0.2) is 48.8 Å². The highest BCUT2D eigenvalue weighted by Gasteiger charge is 2.26. The van der Waals surface area contributed by atoms with Gasteiger partial charge in [0.2, 0.25) is 0 Å². The van der Waals surface area contributed by atoms with Crippen molar-refractivity contribution in [2.75, 3.05) is 26.7 Å². The summed E-state index contributed by atoms with van der Waals surface area (Å²) in [5, 5.41) is 14.8. The second-order valence-corrected chi connectivity index (χ2v) is 6.86. The lowest BCUT2D eigenvalue weighted by Gasteiger charge is -2.28. The third-order valence-electron chi connectivity index (χ3n) is 4.72. The molecule has 1 N–H and O–H groups in total. The van der Waals surface area contributed by atoms with Crippen molar-refractivity contribution in [3.63, 3.8) is 0 Å². The maximum atomic E-state index is 10.5. The van der Waals surface area contributed by atoms with E-state index in [4.69, 9.17) is 0 Å². The standard InChI is InChI=1S/C19H28N4O/c1-21(13-17-7-3-2-4-8-17)15-19(24)16-22-11-5-9-18(22)14-23-12-6-10-20-23/h2-4,6-8,10,12,18-19,24H,5,9,11,13-16H2,1H3/t18-,19-/m1/s1. The summed E-state index contributed by atoms with van der Waals surface area (Å²) in [6.45, 7) is 4.30. The second-order valence-electron chi connectivity index (χ2n) is 6.86. The molecule has 1 aromatic carbocycles. The van der Waals surface area contributed by atoms with Crippen LogP contribution >= 0.6 is 0 Å². The summed E-state index contributed by atoms with van der Waals surface area (Å²) in [6, 6.07) is 12.9. The number of likely N-dealkylation sites (N-methyl/N-ethyl adjacent to an activating group) is 1. The molecule has 0 radical (unpaired) electrons. The molecular weight excluding hydrogens is 300 g/mol. The average molecular weight is 328 g/mol. The van der Waals surface area contributed by atoms with E-state index in [0.29, 0.717) is 12.6 Å². The minimum absolute atomic E-state index is 0.322. The van der Waals surface area contributed by atoms with Crippen molar-refractivity contribution >= 4 is 0 Å². The van der Waals surface area contributed by atoms with Crippen LogP contribution in [0, 0.1) is 0 Å². The number of aliphatic hydroxyl groups is 1. The Balaban J connectivity index is 1.45. The summed E-state index contributed by atoms with van der Waals surface area (Å²) in [4.78, 5) is 4.61. The number of hydrogen-bond donors (Lipinski definition) is 1. The Kier molecular flexibility index (Phi) is 6.01. The molecule has 1 aliphatic rings. The summed E-state index contributed by atoms with van der Waals surface area (Å²) in [7, 11) is 2.07. The minimum Gasteiger partial charge on any atom is -0.390 e. The molecule has 2 atom stereocenters. The van der Waals surface area contributed by atoms with Crippen molar-refractivity contribution in [2.45, 2.75) is 38.1 Å². The number of hydrogen-bond acceptors (Lipinski definition) is 4. The largest absolute Gasteiger partial charge is 0.390 e. The smallest absolute Gasteiger partial charge is 0.0793 e. The molecule has 24 heavy (non-hydrogen) atoms. The molecule has 5 heteroatoms. The number of benzene rings is 1. The highest BCUT2D eigenvalue weighted by molar-refractivity contribution is 5.14. The third-order valence-corrected chi connectivity index (χ3v) is 4.72. The second kappa shape index (κ2) is 8.42. The number of aromatic nitrogens is 2. The summed E-state index contributed by atoms with van der Waals surface area (Å²) >= 11 is 0. The lowest BCUT2D eigenvalue weighted by Crippen LogP contribution is -2.42. The van der Waals surface area contributed by atoms with Gasteiger partial charge in [0.05, 0.1) is 12.6 Å². The first-order chi connectivity index (χ1) is 11.7. The summed E-state index contributed by atoms with van der Waals surface area (Å²) in [5.41, 5.74) is 1.28. The van der Waals surface area contributed by atoms with Gasteiger partial charge in [-0.05, 0) is 38.1 Å². The molecule has 0 spiro atoms. The highest BCUT2D eigenvalue weighted by atomic mass is 16.3. The molecule has 0 amide bonds. The first-order valence-electron chi connectivity index (χ1n) is 8.83. The molecule has 0 unspecified atom stereocenters. The van der Waals surface area contributed by atoms with Crippen molar-refractivity contribution in [3.05, 3.63) is 54.4 Å². The van der Waals surface area contributed by atoms with E-state index in [1.807, 2.05) is 29.2 Å². The van der Waals surface area contributed by atoms with Gasteiger partial charge in [0.15, 0.2) is 0 Å². The number of β-amino-alcohol motifs (C(OH)–C–C–N with tert-alkyl or cyclic N) is 1. The predicted molar refractivity (Wildman–Crippen MR) is 95.6 cm³/mol. The van der Waals surface area contributed by atoms with E-state index in [1.165, 1.54) is 18.4 Å². The third kappa shape index (κ3) is 4.90. The maximum absolute atomic E-state index is 10.5. The Morgan fingerprint density at radius 2 is 2.12 bits per heavy atom. The van der Waals surface area contributed by atoms with Crippen LogP contribution < -0.4 is 0 Å². The van der Waals surface area contributed by atoms with Crippen molar-refractivity contribution in [1.29, 1.82) is 0 Å². The van der Waals surface area contributed by atoms with Gasteiger partial charge in [0.25, 0.3) is 0 Å². The molecule has 130 valence electrons. The van der Waals surface area contributed by atoms with Crippen LogP contribution in [0.2, 0.25) is 0 Å². The molecule has 1 saturated heterocycles. The Hall–Kier alpha value is -1.69. The van der Waals surface area contributed by atoms with Gasteiger partial charge in [-0.25, -0.2) is 0 Å². The van der Waals surface area contributed by atoms with Gasteiger partial charge >= 0.3 is 0 Å². The molecule has 1 aromatic heterocycles. The zero-order valence-corrected chi connectivity index (χ0v) is 14.5. The topological polar surface area (TPSA) is 44.5 Å². The molecule has 1 fully saturated rings. The van der Waals surface area contributed by atoms with Gasteiger partial charge in [-0.3, -0.25) is 14.5 Å². The van der Waals surface area contributed by atoms with Crippen LogP contribution in [0.25, 0.3) is 0 Å². The van der Waals surface area contributed by atoms with E-state index in [-0.39, 0.29) is 6.10 Å². The lowest BCUT2D eigenvalue weighted by atomic mass is 10.2. The van der Waals surface area contributed by atoms with Crippen molar-refractivity contribution in [1.82, 2.24) is 19.6 Å². The van der Waals surface area contributed by atoms with E-state index >= 15 is 0 Å². The summed E-state index contributed by atoms with van der Waals surface area (Å²) < 4.78 is 2.00. The Labute approximate surface area is 144 Å². The van der Waals surface area contributed by atoms with Gasteiger partial charge in [-0.15, -0.1) is 0 Å². The number of nitrogens with zero attached hydrogens (tertiary/aromatic N) is 4. The van der Waals surface area contributed by atoms with Gasteiger partial charge in [-0.2, -0.15) is 5.10 Å². The van der Waals surface area contributed by atoms with E-state index in [9.17, 15) is 5.11 Å². The van der Waals surface area contributed by atoms with Gasteiger partial charge < -0.3 is 5.11 Å². The molecule has 2 aromatic rings. The Morgan fingerprint density at radius 1 is 1.29 bits per heavy atom. The molecule has 0 aliphatic carbocycles. The molecule has 0 bridgehead atoms. The van der Waals surface area contributed by atoms with Gasteiger partial charge in [0, 0.05) is 38.1 Å². The monoisotopic (exact) mass is 328 g/mol. The lowest BCUT2D eigenvalue weighted by molar-refractivity contribution is 0.0717. The van der Waals surface area contributed by atoms with Crippen LogP contribution in [0.3, 0.4) is 0 Å². The average Bonchev–Trinajstić information content (AvgIpc) is 3.21. The fraction of sp³-hybridized carbons (Fsp3) is 0.526. The molecule has 1 aliphatic heterocycles. The zero-order valence-electron chi connectivity index (χ0n) is 14.5. The van der Waals surface area contributed by atoms with Crippen molar-refractivity contribution < 1.29 is 5.11 Å². The SMILES string of the molecule is CN(Cc1ccccc1)C[C@@H](O)CN1CCC[C@@H]1Cn1cccn1. The highest BCUT2D eigenvalue weighted by Crippen LogP contribution is 2.19. The van der Waals surface area contributed by atoms with Crippen LogP contribution in [0.1, 0.15) is 18.4 Å². The Bertz CT molecular complexity index is 587. The molecule has 0 saturated carbocycles. The van der Waals surface area contributed by atoms with E-state index in [0.717, 1.165) is 26.2 Å². The maximum Gasteiger partial charge on any atom is 0.0793 e. The molecule has 5 nitrogen and oxygen atoms in total. The molecule has 2 heterocycles. The van der Waals surface area contributed by atoms with Crippen LogP contribution in [0.4, 0.5) is 0 Å². The molecule has 3 rings (SSSR count). The quantitative estimate of drug-likeness (QED) is 0.803. The normalized spacial score (nSPS) is 19.9. The van der Waals surface area contributed by atoms with Gasteiger partial charge in [0.1, 0.15) is 0 Å². The first kappa shape index (κ1) is 17.1. The van der Waals surface area contributed by atoms with Crippen LogP contribution in [-0.4, -0.2) is 63.5 Å². The predicted octanol–water partition coefficient (Wildman–Crippen LogP) is 1.84. The molecular formula is C19H28N4O. The number of aliphatic hydroxyl groups excluding tert-OH is 1. The zero-order chi connectivity index (χ0) is 16.8. The van der Waals surface area contributed by atoms with Crippen molar-refractivity contribution in [3.8, 4) is 0 Å². The van der Waals surface area contributed by atoms with Gasteiger partial charge in [-0.1, -0.05) is 30.3 Å². The van der Waals surface area contributed by atoms with Crippen LogP contribution in [0.5, 0.6) is 0 Å². The number of rotatable bonds is 8. The van der Waals surface area contributed by atoms with E-state index < -0.39 is 0 Å². The Morgan fingerprint density at radius 3 is 2.88 bits per heavy atom. The fourth-order valence-corrected chi connectivity index (χ4v) is 3.61.